The van der Waals surface area contributed by atoms with Crippen molar-refractivity contribution >= 4 is 25.2 Å². The molecule has 6 nitrogen and oxygen atoms in total. The number of carboxylic acids is 1. The average molecular weight is 540 g/mol. The van der Waals surface area contributed by atoms with Crippen LogP contribution < -0.4 is 0 Å². The second kappa shape index (κ2) is 10.2. The van der Waals surface area contributed by atoms with Gasteiger partial charge in [-0.3, -0.25) is 19.1 Å². The van der Waals surface area contributed by atoms with E-state index < -0.39 is 31.7 Å². The van der Waals surface area contributed by atoms with Crippen molar-refractivity contribution < 1.29 is 28.5 Å². The van der Waals surface area contributed by atoms with Crippen molar-refractivity contribution in [2.24, 2.45) is 17.8 Å². The number of Topliss-reactive ketones (excluding diaryl/α,β-unsaturated/α-hetero) is 1. The van der Waals surface area contributed by atoms with Gasteiger partial charge in [-0.15, -0.1) is 0 Å². The van der Waals surface area contributed by atoms with Crippen LogP contribution in [0.15, 0.2) is 36.1 Å². The lowest BCUT2D eigenvalue weighted by molar-refractivity contribution is -0.139. The summed E-state index contributed by atoms with van der Waals surface area (Å²) in [5.74, 6) is 0.869. The summed E-state index contributed by atoms with van der Waals surface area (Å²) >= 11 is 0. The van der Waals surface area contributed by atoms with E-state index in [2.05, 4.69) is 6.07 Å². The number of hydrogen-bond donors (Lipinski definition) is 2. The van der Waals surface area contributed by atoms with Crippen LogP contribution in [-0.2, 0) is 19.6 Å². The fourth-order valence-electron chi connectivity index (χ4n) is 7.48. The van der Waals surface area contributed by atoms with Gasteiger partial charge in [0.05, 0.1) is 11.9 Å². The van der Waals surface area contributed by atoms with Gasteiger partial charge in [0, 0.05) is 22.5 Å². The van der Waals surface area contributed by atoms with E-state index in [0.29, 0.717) is 5.56 Å². The third-order valence-corrected chi connectivity index (χ3v) is 10.0. The Kier molecular flexibility index (Phi) is 7.21. The molecule has 4 fully saturated rings. The Morgan fingerprint density at radius 1 is 1.11 bits per heavy atom. The molecule has 0 aliphatic heterocycles. The number of hydrogen-bond acceptors (Lipinski definition) is 4. The molecule has 6 rings (SSSR count). The third kappa shape index (κ3) is 5.55. The van der Waals surface area contributed by atoms with Gasteiger partial charge in [-0.25, -0.2) is 4.39 Å². The van der Waals surface area contributed by atoms with Crippen molar-refractivity contribution in [3.8, 4) is 11.1 Å². The zero-order valence-electron chi connectivity index (χ0n) is 21.9. The van der Waals surface area contributed by atoms with E-state index in [0.717, 1.165) is 65.3 Å². The molecule has 1 aromatic carbocycles. The number of benzene rings is 1. The van der Waals surface area contributed by atoms with Crippen molar-refractivity contribution in [3.05, 3.63) is 58.9 Å². The van der Waals surface area contributed by atoms with E-state index in [1.165, 1.54) is 31.4 Å². The molecule has 0 radical (unpaired) electrons. The first kappa shape index (κ1) is 27.0. The Morgan fingerprint density at radius 2 is 1.68 bits per heavy atom. The van der Waals surface area contributed by atoms with Crippen LogP contribution in [0.1, 0.15) is 81.7 Å². The first-order chi connectivity index (χ1) is 17.9. The third-order valence-electron chi connectivity index (χ3n) is 8.60. The van der Waals surface area contributed by atoms with Crippen LogP contribution in [-0.4, -0.2) is 32.9 Å². The maximum absolute atomic E-state index is 13.8. The van der Waals surface area contributed by atoms with Gasteiger partial charge < -0.3 is 10.00 Å². The topological polar surface area (TPSA) is 105 Å². The number of rotatable bonds is 9. The Labute approximate surface area is 222 Å². The monoisotopic (exact) mass is 539 g/mol. The van der Waals surface area contributed by atoms with E-state index in [1.807, 2.05) is 13.8 Å². The number of carbonyl (C=O) groups is 2. The fraction of sp³-hybridized carbons (Fsp3) is 0.500. The normalized spacial score (nSPS) is 27.7. The number of halogens is 1. The zero-order valence-corrected chi connectivity index (χ0v) is 22.8. The van der Waals surface area contributed by atoms with Gasteiger partial charge in [-0.05, 0) is 97.6 Å². The molecule has 4 aliphatic carbocycles. The Bertz CT molecular complexity index is 1300. The Morgan fingerprint density at radius 3 is 2.21 bits per heavy atom. The second-order valence-electron chi connectivity index (χ2n) is 12.1. The molecule has 202 valence electrons. The van der Waals surface area contributed by atoms with Crippen molar-refractivity contribution in [1.82, 2.24) is 4.98 Å². The fourth-order valence-corrected chi connectivity index (χ4v) is 8.58. The summed E-state index contributed by atoms with van der Waals surface area (Å²) in [4.78, 5) is 38.5. The predicted octanol–water partition coefficient (Wildman–Crippen LogP) is 6.76. The van der Waals surface area contributed by atoms with Gasteiger partial charge >= 0.3 is 5.97 Å². The van der Waals surface area contributed by atoms with E-state index in [9.17, 15) is 23.4 Å². The molecule has 0 saturated heterocycles. The molecule has 4 aliphatic rings. The van der Waals surface area contributed by atoms with Gasteiger partial charge in [0.15, 0.2) is 5.78 Å². The molecule has 4 bridgehead atoms. The molecule has 1 unspecified atom stereocenters. The van der Waals surface area contributed by atoms with Gasteiger partial charge in [-0.1, -0.05) is 26.0 Å². The van der Waals surface area contributed by atoms with Crippen LogP contribution in [0.3, 0.4) is 0 Å². The molecule has 0 spiro atoms. The summed E-state index contributed by atoms with van der Waals surface area (Å²) in [5.41, 5.74) is 4.18. The molecule has 1 aromatic heterocycles. The van der Waals surface area contributed by atoms with E-state index in [-0.39, 0.29) is 17.2 Å². The molecule has 8 heteroatoms. The van der Waals surface area contributed by atoms with Crippen LogP contribution in [0.4, 0.5) is 4.39 Å². The van der Waals surface area contributed by atoms with Crippen LogP contribution in [0.25, 0.3) is 17.2 Å². The van der Waals surface area contributed by atoms with Crippen LogP contribution >= 0.6 is 7.37 Å². The van der Waals surface area contributed by atoms with Gasteiger partial charge in [-0.2, -0.15) is 0 Å². The standard InChI is InChI=1S/C30H35FNO5P/c1-18(2)29-25(7-8-38(36,37)17-24(33)12-28(34)35)26(22-3-5-23(31)6-4-22)13-27(32-29)30-14-19-9-20(15-30)11-21(10-19)16-30/h3-8,13,18-21H,9-12,14-17H2,1-2H3,(H,34,35)(H,36,37). The minimum atomic E-state index is -4.08. The highest BCUT2D eigenvalue weighted by Gasteiger charge is 2.52. The van der Waals surface area contributed by atoms with E-state index in [1.54, 1.807) is 18.2 Å². The quantitative estimate of drug-likeness (QED) is 0.269. The number of aromatic nitrogens is 1. The highest BCUT2D eigenvalue weighted by Crippen LogP contribution is 2.61. The maximum Gasteiger partial charge on any atom is 0.310 e. The number of nitrogens with zero attached hydrogens (tertiary/aromatic N) is 1. The first-order valence-corrected chi connectivity index (χ1v) is 15.4. The number of carbonyl (C=O) groups excluding carboxylic acids is 1. The molecule has 0 amide bonds. The van der Waals surface area contributed by atoms with Crippen LogP contribution in [0.2, 0.25) is 0 Å². The van der Waals surface area contributed by atoms with Crippen molar-refractivity contribution in [1.29, 1.82) is 0 Å². The Balaban J connectivity index is 1.60. The van der Waals surface area contributed by atoms with Gasteiger partial charge in [0.25, 0.3) is 0 Å². The summed E-state index contributed by atoms with van der Waals surface area (Å²) in [5, 5.41) is 8.84. The lowest BCUT2D eigenvalue weighted by Crippen LogP contribution is -2.49. The number of ketones is 1. The molecule has 1 heterocycles. The molecule has 1 atom stereocenters. The average Bonchev–Trinajstić information content (AvgIpc) is 2.81. The van der Waals surface area contributed by atoms with Crippen molar-refractivity contribution in [2.45, 2.75) is 70.1 Å². The number of aliphatic carboxylic acids is 1. The highest BCUT2D eigenvalue weighted by molar-refractivity contribution is 7.62. The largest absolute Gasteiger partial charge is 0.481 e. The Hall–Kier alpha value is -2.63. The van der Waals surface area contributed by atoms with Crippen LogP contribution in [0, 0.1) is 23.6 Å². The molecular weight excluding hydrogens is 504 g/mol. The van der Waals surface area contributed by atoms with E-state index in [4.69, 9.17) is 10.1 Å². The minimum absolute atomic E-state index is 0.00873. The molecule has 38 heavy (non-hydrogen) atoms. The van der Waals surface area contributed by atoms with E-state index >= 15 is 0 Å². The molecular formula is C30H35FNO5P. The minimum Gasteiger partial charge on any atom is -0.481 e. The summed E-state index contributed by atoms with van der Waals surface area (Å²) in [6.07, 6.45) is 7.36. The maximum atomic E-state index is 13.8. The smallest absolute Gasteiger partial charge is 0.310 e. The summed E-state index contributed by atoms with van der Waals surface area (Å²) in [6.45, 7) is 4.07. The summed E-state index contributed by atoms with van der Waals surface area (Å²) in [7, 11) is -4.08. The highest BCUT2D eigenvalue weighted by atomic mass is 31.2. The number of pyridine rings is 1. The second-order valence-corrected chi connectivity index (χ2v) is 14.2. The molecule has 2 aromatic rings. The van der Waals surface area contributed by atoms with Crippen LogP contribution in [0.5, 0.6) is 0 Å². The van der Waals surface area contributed by atoms with Crippen molar-refractivity contribution in [2.75, 3.05) is 6.16 Å². The number of carboxylic acid groups (broad SMARTS) is 1. The lowest BCUT2D eigenvalue weighted by atomic mass is 9.48. The SMILES string of the molecule is CC(C)c1nc(C23CC4CC(CC(C4)C2)C3)cc(-c2ccc(F)cc2)c1C=CP(=O)(O)CC(=O)CC(=O)O. The van der Waals surface area contributed by atoms with Gasteiger partial charge in [0.2, 0.25) is 7.37 Å². The lowest BCUT2D eigenvalue weighted by Gasteiger charge is -2.56. The molecule has 4 saturated carbocycles. The van der Waals surface area contributed by atoms with Gasteiger partial charge in [0.1, 0.15) is 12.2 Å². The first-order valence-electron chi connectivity index (χ1n) is 13.5. The summed E-state index contributed by atoms with van der Waals surface area (Å²) < 4.78 is 26.7. The molecule has 2 N–H and O–H groups in total. The van der Waals surface area contributed by atoms with Crippen molar-refractivity contribution in [3.63, 3.8) is 0 Å². The summed E-state index contributed by atoms with van der Waals surface area (Å²) in [6, 6.07) is 8.34. The zero-order chi connectivity index (χ0) is 27.2. The predicted molar refractivity (Wildman–Crippen MR) is 145 cm³/mol.